The zero-order chi connectivity index (χ0) is 15.5. The molecule has 1 aromatic rings. The summed E-state index contributed by atoms with van der Waals surface area (Å²) in [5, 5.41) is 5.06. The fourth-order valence-corrected chi connectivity index (χ4v) is 2.97. The Hall–Kier alpha value is -0.870. The van der Waals surface area contributed by atoms with E-state index >= 15 is 0 Å². The first kappa shape index (κ1) is 19.2. The highest BCUT2D eigenvalue weighted by atomic mass is 127. The number of rotatable bonds is 3. The molecule has 1 heterocycles. The molecule has 0 aliphatic carbocycles. The fraction of sp³-hybridized carbons (Fsp3) is 0.500. The number of likely N-dealkylation sites (tertiary alicyclic amines) is 1. The topological polar surface area (TPSA) is 102 Å². The molecule has 0 amide bonds. The SMILES string of the molecule is CC1CCCN(C(N)=NCc2ccc(S(N)(=O)=O)cc2)C1.I. The first-order valence-corrected chi connectivity index (χ1v) is 8.57. The Morgan fingerprint density at radius 2 is 2.00 bits per heavy atom. The van der Waals surface area contributed by atoms with Crippen molar-refractivity contribution in [3.8, 4) is 0 Å². The molecule has 0 radical (unpaired) electrons. The van der Waals surface area contributed by atoms with Crippen LogP contribution in [0.25, 0.3) is 0 Å². The minimum atomic E-state index is -3.64. The Balaban J connectivity index is 0.00000242. The number of nitrogens with two attached hydrogens (primary N) is 2. The van der Waals surface area contributed by atoms with Gasteiger partial charge in [-0.05, 0) is 36.5 Å². The van der Waals surface area contributed by atoms with Gasteiger partial charge in [0.15, 0.2) is 5.96 Å². The summed E-state index contributed by atoms with van der Waals surface area (Å²) in [4.78, 5) is 6.59. The second-order valence-corrected chi connectivity index (χ2v) is 7.12. The van der Waals surface area contributed by atoms with Crippen molar-refractivity contribution in [1.29, 1.82) is 0 Å². The largest absolute Gasteiger partial charge is 0.370 e. The van der Waals surface area contributed by atoms with Crippen molar-refractivity contribution in [3.63, 3.8) is 0 Å². The van der Waals surface area contributed by atoms with Crippen LogP contribution in [0.2, 0.25) is 0 Å². The van der Waals surface area contributed by atoms with Gasteiger partial charge in [0.1, 0.15) is 0 Å². The summed E-state index contributed by atoms with van der Waals surface area (Å²) in [6.07, 6.45) is 2.37. The molecule has 124 valence electrons. The van der Waals surface area contributed by atoms with Crippen molar-refractivity contribution in [3.05, 3.63) is 29.8 Å². The number of aliphatic imine (C=N–C) groups is 1. The fourth-order valence-electron chi connectivity index (χ4n) is 2.45. The molecule has 1 unspecified atom stereocenters. The first-order chi connectivity index (χ1) is 9.86. The van der Waals surface area contributed by atoms with Crippen molar-refractivity contribution in [2.45, 2.75) is 31.2 Å². The van der Waals surface area contributed by atoms with Crippen molar-refractivity contribution in [2.75, 3.05) is 13.1 Å². The van der Waals surface area contributed by atoms with Crippen LogP contribution in [0.4, 0.5) is 0 Å². The van der Waals surface area contributed by atoms with E-state index in [1.54, 1.807) is 12.1 Å². The number of hydrogen-bond acceptors (Lipinski definition) is 3. The van der Waals surface area contributed by atoms with Crippen LogP contribution in [0.1, 0.15) is 25.3 Å². The Morgan fingerprint density at radius 1 is 1.36 bits per heavy atom. The van der Waals surface area contributed by atoms with Gasteiger partial charge in [-0.1, -0.05) is 19.1 Å². The third-order valence-electron chi connectivity index (χ3n) is 3.66. The summed E-state index contributed by atoms with van der Waals surface area (Å²) in [5.41, 5.74) is 6.92. The zero-order valence-corrected chi connectivity index (χ0v) is 15.8. The van der Waals surface area contributed by atoms with Crippen LogP contribution in [0.5, 0.6) is 0 Å². The summed E-state index contributed by atoms with van der Waals surface area (Å²) < 4.78 is 22.3. The summed E-state index contributed by atoms with van der Waals surface area (Å²) in [7, 11) is -3.64. The van der Waals surface area contributed by atoms with E-state index in [0.29, 0.717) is 18.4 Å². The normalized spacial score (nSPS) is 19.6. The number of nitrogens with zero attached hydrogens (tertiary/aromatic N) is 2. The number of halogens is 1. The van der Waals surface area contributed by atoms with Crippen molar-refractivity contribution in [2.24, 2.45) is 21.8 Å². The van der Waals surface area contributed by atoms with Crippen LogP contribution in [0.3, 0.4) is 0 Å². The highest BCUT2D eigenvalue weighted by Crippen LogP contribution is 2.15. The van der Waals surface area contributed by atoms with Crippen LogP contribution in [-0.2, 0) is 16.6 Å². The predicted octanol–water partition coefficient (Wildman–Crippen LogP) is 1.50. The van der Waals surface area contributed by atoms with Gasteiger partial charge in [-0.25, -0.2) is 18.5 Å². The number of hydrogen-bond donors (Lipinski definition) is 2. The molecule has 0 aromatic heterocycles. The summed E-state index contributed by atoms with van der Waals surface area (Å²) in [6.45, 7) is 4.54. The number of benzene rings is 1. The van der Waals surface area contributed by atoms with Gasteiger partial charge in [0, 0.05) is 13.1 Å². The van der Waals surface area contributed by atoms with Crippen molar-refractivity contribution >= 4 is 40.0 Å². The van der Waals surface area contributed by atoms with Crippen molar-refractivity contribution < 1.29 is 8.42 Å². The maximum Gasteiger partial charge on any atom is 0.238 e. The van der Waals surface area contributed by atoms with Crippen LogP contribution >= 0.6 is 24.0 Å². The molecule has 1 aliphatic rings. The molecular weight excluding hydrogens is 415 g/mol. The molecule has 8 heteroatoms. The molecule has 6 nitrogen and oxygen atoms in total. The molecule has 0 saturated carbocycles. The average Bonchev–Trinajstić information content (AvgIpc) is 2.44. The lowest BCUT2D eigenvalue weighted by atomic mass is 10.0. The van der Waals surface area contributed by atoms with Gasteiger partial charge in [-0.2, -0.15) is 0 Å². The third-order valence-corrected chi connectivity index (χ3v) is 4.59. The number of sulfonamides is 1. The summed E-state index contributed by atoms with van der Waals surface area (Å²) >= 11 is 0. The van der Waals surface area contributed by atoms with Gasteiger partial charge < -0.3 is 10.6 Å². The molecular formula is C14H23IN4O2S. The van der Waals surface area contributed by atoms with Crippen LogP contribution < -0.4 is 10.9 Å². The highest BCUT2D eigenvalue weighted by molar-refractivity contribution is 14.0. The number of primary sulfonamides is 1. The van der Waals surface area contributed by atoms with Crippen LogP contribution in [0, 0.1) is 5.92 Å². The quantitative estimate of drug-likeness (QED) is 0.424. The average molecular weight is 438 g/mol. The van der Waals surface area contributed by atoms with Gasteiger partial charge in [0.25, 0.3) is 0 Å². The third kappa shape index (κ3) is 5.40. The summed E-state index contributed by atoms with van der Waals surface area (Å²) in [5.74, 6) is 1.19. The predicted molar refractivity (Wildman–Crippen MR) is 98.5 cm³/mol. The Labute approximate surface area is 149 Å². The lowest BCUT2D eigenvalue weighted by Gasteiger charge is -2.31. The maximum atomic E-state index is 11.2. The minimum absolute atomic E-state index is 0. The monoisotopic (exact) mass is 438 g/mol. The molecule has 4 N–H and O–H groups in total. The minimum Gasteiger partial charge on any atom is -0.370 e. The highest BCUT2D eigenvalue weighted by Gasteiger charge is 2.17. The van der Waals surface area contributed by atoms with E-state index in [1.165, 1.54) is 18.6 Å². The van der Waals surface area contributed by atoms with Gasteiger partial charge in [-0.3, -0.25) is 0 Å². The second kappa shape index (κ2) is 8.11. The smallest absolute Gasteiger partial charge is 0.238 e. The van der Waals surface area contributed by atoms with E-state index in [4.69, 9.17) is 10.9 Å². The molecule has 1 atom stereocenters. The summed E-state index contributed by atoms with van der Waals surface area (Å²) in [6, 6.07) is 6.38. The molecule has 1 fully saturated rings. The van der Waals surface area contributed by atoms with Gasteiger partial charge >= 0.3 is 0 Å². The molecule has 2 rings (SSSR count). The molecule has 0 bridgehead atoms. The van der Waals surface area contributed by atoms with E-state index in [2.05, 4.69) is 16.8 Å². The van der Waals surface area contributed by atoms with Crippen molar-refractivity contribution in [1.82, 2.24) is 4.90 Å². The first-order valence-electron chi connectivity index (χ1n) is 7.03. The van der Waals surface area contributed by atoms with E-state index in [-0.39, 0.29) is 28.9 Å². The van der Waals surface area contributed by atoms with E-state index < -0.39 is 10.0 Å². The van der Waals surface area contributed by atoms with Gasteiger partial charge in [-0.15, -0.1) is 24.0 Å². The Morgan fingerprint density at radius 3 is 2.55 bits per heavy atom. The lowest BCUT2D eigenvalue weighted by molar-refractivity contribution is 0.270. The van der Waals surface area contributed by atoms with E-state index in [1.807, 2.05) is 0 Å². The van der Waals surface area contributed by atoms with Gasteiger partial charge in [0.2, 0.25) is 10.0 Å². The standard InChI is InChI=1S/C14H22N4O2S.HI/c1-11-3-2-8-18(10-11)14(15)17-9-12-4-6-13(7-5-12)21(16,19)20;/h4-7,11H,2-3,8-10H2,1H3,(H2,15,17)(H2,16,19,20);1H. The second-order valence-electron chi connectivity index (χ2n) is 5.56. The molecule has 1 saturated heterocycles. The Bertz CT molecular complexity index is 616. The van der Waals surface area contributed by atoms with Gasteiger partial charge in [0.05, 0.1) is 11.4 Å². The molecule has 0 spiro atoms. The Kier molecular flexibility index (Phi) is 7.07. The van der Waals surface area contributed by atoms with Crippen LogP contribution in [0.15, 0.2) is 34.2 Å². The van der Waals surface area contributed by atoms with E-state index in [0.717, 1.165) is 25.1 Å². The van der Waals surface area contributed by atoms with Crippen LogP contribution in [-0.4, -0.2) is 32.4 Å². The molecule has 1 aliphatic heterocycles. The number of guanidine groups is 1. The lowest BCUT2D eigenvalue weighted by Crippen LogP contribution is -2.43. The molecule has 1 aromatic carbocycles. The maximum absolute atomic E-state index is 11.2. The number of piperidine rings is 1. The molecule has 22 heavy (non-hydrogen) atoms. The van der Waals surface area contributed by atoms with E-state index in [9.17, 15) is 8.42 Å². The zero-order valence-electron chi connectivity index (χ0n) is 12.6.